The smallest absolute Gasteiger partial charge is 0.277 e. The first-order valence-corrected chi connectivity index (χ1v) is 10.4. The number of benzene rings is 2. The molecule has 2 aromatic rings. The first kappa shape index (κ1) is 21.4. The SMILES string of the molecule is CCN(Cc1ccccc1)C1=C(c2ccc(Cl)cc2Cl)C(=O)N(CC(C)C)C1=O. The number of hydrogen-bond donors (Lipinski definition) is 0. The lowest BCUT2D eigenvalue weighted by Crippen LogP contribution is -2.37. The van der Waals surface area contributed by atoms with E-state index in [0.717, 1.165) is 5.56 Å². The Labute approximate surface area is 181 Å². The van der Waals surface area contributed by atoms with E-state index in [2.05, 4.69) is 0 Å². The number of carbonyl (C=O) groups is 2. The van der Waals surface area contributed by atoms with Crippen molar-refractivity contribution >= 4 is 40.6 Å². The van der Waals surface area contributed by atoms with E-state index in [1.165, 1.54) is 4.90 Å². The van der Waals surface area contributed by atoms with Gasteiger partial charge in [0.2, 0.25) is 0 Å². The van der Waals surface area contributed by atoms with Crippen molar-refractivity contribution in [2.24, 2.45) is 5.92 Å². The molecule has 0 fully saturated rings. The van der Waals surface area contributed by atoms with Crippen LogP contribution in [0.15, 0.2) is 54.2 Å². The highest BCUT2D eigenvalue weighted by molar-refractivity contribution is 6.41. The van der Waals surface area contributed by atoms with Gasteiger partial charge in [-0.3, -0.25) is 14.5 Å². The lowest BCUT2D eigenvalue weighted by atomic mass is 10.0. The highest BCUT2D eigenvalue weighted by Gasteiger charge is 2.42. The van der Waals surface area contributed by atoms with Crippen LogP contribution in [-0.2, 0) is 16.1 Å². The monoisotopic (exact) mass is 430 g/mol. The molecule has 1 aliphatic heterocycles. The molecule has 0 aromatic heterocycles. The molecule has 152 valence electrons. The highest BCUT2D eigenvalue weighted by atomic mass is 35.5. The lowest BCUT2D eigenvalue weighted by Gasteiger charge is -2.25. The van der Waals surface area contributed by atoms with Crippen molar-refractivity contribution in [1.82, 2.24) is 9.80 Å². The minimum absolute atomic E-state index is 0.161. The zero-order chi connectivity index (χ0) is 21.1. The summed E-state index contributed by atoms with van der Waals surface area (Å²) in [7, 11) is 0. The Kier molecular flexibility index (Phi) is 6.66. The minimum atomic E-state index is -0.311. The van der Waals surface area contributed by atoms with Gasteiger partial charge in [0.15, 0.2) is 0 Å². The molecule has 1 heterocycles. The number of rotatable bonds is 7. The summed E-state index contributed by atoms with van der Waals surface area (Å²) in [4.78, 5) is 29.9. The summed E-state index contributed by atoms with van der Waals surface area (Å²) in [6.45, 7) is 7.40. The molecule has 0 saturated carbocycles. The van der Waals surface area contributed by atoms with Gasteiger partial charge in [0.1, 0.15) is 5.70 Å². The van der Waals surface area contributed by atoms with E-state index in [0.29, 0.717) is 46.5 Å². The van der Waals surface area contributed by atoms with Gasteiger partial charge in [-0.2, -0.15) is 0 Å². The van der Waals surface area contributed by atoms with E-state index in [4.69, 9.17) is 23.2 Å². The van der Waals surface area contributed by atoms with Gasteiger partial charge in [-0.25, -0.2) is 0 Å². The Hall–Kier alpha value is -2.30. The predicted octanol–water partition coefficient (Wildman–Crippen LogP) is 5.25. The van der Waals surface area contributed by atoms with Crippen molar-refractivity contribution in [3.63, 3.8) is 0 Å². The van der Waals surface area contributed by atoms with Gasteiger partial charge in [0.05, 0.1) is 10.6 Å². The Morgan fingerprint density at radius 2 is 1.69 bits per heavy atom. The second-order valence-corrected chi connectivity index (χ2v) is 8.31. The molecular weight excluding hydrogens is 407 g/mol. The molecule has 0 N–H and O–H groups in total. The summed E-state index contributed by atoms with van der Waals surface area (Å²) in [6.07, 6.45) is 0. The number of amides is 2. The molecule has 2 amide bonds. The molecule has 29 heavy (non-hydrogen) atoms. The van der Waals surface area contributed by atoms with Gasteiger partial charge in [-0.05, 0) is 30.5 Å². The average Bonchev–Trinajstić information content (AvgIpc) is 2.91. The third-order valence-corrected chi connectivity index (χ3v) is 5.35. The van der Waals surface area contributed by atoms with Crippen LogP contribution in [0.2, 0.25) is 10.0 Å². The summed E-state index contributed by atoms with van der Waals surface area (Å²) in [5, 5.41) is 0.835. The number of carbonyl (C=O) groups excluding carboxylic acids is 2. The van der Waals surface area contributed by atoms with Crippen LogP contribution in [0.1, 0.15) is 31.9 Å². The zero-order valence-electron chi connectivity index (χ0n) is 16.8. The molecule has 0 atom stereocenters. The standard InChI is InChI=1S/C23H24Cl2N2O2/c1-4-26(14-16-8-6-5-7-9-16)21-20(18-11-10-17(24)12-19(18)25)22(28)27(23(21)29)13-15(2)3/h5-12,15H,4,13-14H2,1-3H3. The summed E-state index contributed by atoms with van der Waals surface area (Å²) in [5.74, 6) is -0.426. The van der Waals surface area contributed by atoms with Gasteiger partial charge < -0.3 is 4.90 Å². The number of nitrogens with zero attached hydrogens (tertiary/aromatic N) is 2. The number of hydrogen-bond acceptors (Lipinski definition) is 3. The third-order valence-electron chi connectivity index (χ3n) is 4.81. The Morgan fingerprint density at radius 1 is 1.00 bits per heavy atom. The van der Waals surface area contributed by atoms with Crippen molar-refractivity contribution in [3.8, 4) is 0 Å². The van der Waals surface area contributed by atoms with Crippen LogP contribution in [0.4, 0.5) is 0 Å². The van der Waals surface area contributed by atoms with Crippen LogP contribution in [0.3, 0.4) is 0 Å². The molecule has 1 aliphatic rings. The number of halogens is 2. The molecule has 0 spiro atoms. The Morgan fingerprint density at radius 3 is 2.28 bits per heavy atom. The van der Waals surface area contributed by atoms with Crippen molar-refractivity contribution in [3.05, 3.63) is 75.4 Å². The molecule has 0 bridgehead atoms. The molecule has 3 rings (SSSR count). The van der Waals surface area contributed by atoms with Crippen molar-refractivity contribution in [2.45, 2.75) is 27.3 Å². The van der Waals surface area contributed by atoms with E-state index >= 15 is 0 Å². The molecule has 0 unspecified atom stereocenters. The second kappa shape index (κ2) is 9.02. The van der Waals surface area contributed by atoms with Gasteiger partial charge in [0.25, 0.3) is 11.8 Å². The topological polar surface area (TPSA) is 40.6 Å². The molecule has 4 nitrogen and oxygen atoms in total. The number of imide groups is 1. The molecule has 2 aromatic carbocycles. The van der Waals surface area contributed by atoms with Crippen LogP contribution in [0.25, 0.3) is 5.57 Å². The summed E-state index contributed by atoms with van der Waals surface area (Å²) in [5.41, 5.74) is 2.33. The van der Waals surface area contributed by atoms with Gasteiger partial charge >= 0.3 is 0 Å². The quantitative estimate of drug-likeness (QED) is 0.563. The first-order chi connectivity index (χ1) is 13.8. The van der Waals surface area contributed by atoms with E-state index < -0.39 is 0 Å². The van der Waals surface area contributed by atoms with Crippen molar-refractivity contribution < 1.29 is 9.59 Å². The minimum Gasteiger partial charge on any atom is -0.362 e. The van der Waals surface area contributed by atoms with Gasteiger partial charge in [-0.1, -0.05) is 73.4 Å². The predicted molar refractivity (Wildman–Crippen MR) is 117 cm³/mol. The fraction of sp³-hybridized carbons (Fsp3) is 0.304. The molecule has 0 saturated heterocycles. The largest absolute Gasteiger partial charge is 0.362 e. The summed E-state index contributed by atoms with van der Waals surface area (Å²) < 4.78 is 0. The van der Waals surface area contributed by atoms with Gasteiger partial charge in [-0.15, -0.1) is 0 Å². The summed E-state index contributed by atoms with van der Waals surface area (Å²) in [6, 6.07) is 14.9. The fourth-order valence-corrected chi connectivity index (χ4v) is 3.98. The van der Waals surface area contributed by atoms with Crippen LogP contribution >= 0.6 is 23.2 Å². The third kappa shape index (κ3) is 4.49. The summed E-state index contributed by atoms with van der Waals surface area (Å²) >= 11 is 12.5. The van der Waals surface area contributed by atoms with Crippen LogP contribution in [0, 0.1) is 5.92 Å². The molecule has 0 aliphatic carbocycles. The Bertz CT molecular complexity index is 955. The molecule has 6 heteroatoms. The maximum Gasteiger partial charge on any atom is 0.277 e. The second-order valence-electron chi connectivity index (χ2n) is 7.46. The zero-order valence-corrected chi connectivity index (χ0v) is 18.3. The van der Waals surface area contributed by atoms with Gasteiger partial charge in [0, 0.05) is 30.2 Å². The Balaban J connectivity index is 2.12. The van der Waals surface area contributed by atoms with E-state index in [9.17, 15) is 9.59 Å². The molecule has 0 radical (unpaired) electrons. The van der Waals surface area contributed by atoms with Crippen LogP contribution in [0.5, 0.6) is 0 Å². The number of likely N-dealkylation sites (N-methyl/N-ethyl adjacent to an activating group) is 1. The van der Waals surface area contributed by atoms with E-state index in [1.54, 1.807) is 18.2 Å². The first-order valence-electron chi connectivity index (χ1n) is 9.68. The van der Waals surface area contributed by atoms with Crippen LogP contribution in [-0.4, -0.2) is 34.7 Å². The maximum absolute atomic E-state index is 13.3. The maximum atomic E-state index is 13.3. The van der Waals surface area contributed by atoms with Crippen molar-refractivity contribution in [1.29, 1.82) is 0 Å². The molecular formula is C23H24Cl2N2O2. The van der Waals surface area contributed by atoms with E-state index in [1.807, 2.05) is 56.0 Å². The highest BCUT2D eigenvalue weighted by Crippen LogP contribution is 2.37. The fourth-order valence-electron chi connectivity index (χ4n) is 3.48. The lowest BCUT2D eigenvalue weighted by molar-refractivity contribution is -0.138. The average molecular weight is 431 g/mol. The normalized spacial score (nSPS) is 14.3. The van der Waals surface area contributed by atoms with Crippen molar-refractivity contribution in [2.75, 3.05) is 13.1 Å². The van der Waals surface area contributed by atoms with Crippen LogP contribution < -0.4 is 0 Å². The van der Waals surface area contributed by atoms with E-state index in [-0.39, 0.29) is 17.7 Å².